The van der Waals surface area contributed by atoms with E-state index >= 15 is 0 Å². The summed E-state index contributed by atoms with van der Waals surface area (Å²) in [6.45, 7) is 6.59. The lowest BCUT2D eigenvalue weighted by molar-refractivity contribution is 0.0290. The van der Waals surface area contributed by atoms with E-state index in [2.05, 4.69) is 36.1 Å². The molecule has 2 heterocycles. The van der Waals surface area contributed by atoms with E-state index in [9.17, 15) is 8.42 Å². The van der Waals surface area contributed by atoms with E-state index in [-0.39, 0.29) is 10.3 Å². The van der Waals surface area contributed by atoms with E-state index in [1.54, 1.807) is 29.6 Å². The summed E-state index contributed by atoms with van der Waals surface area (Å²) in [4.78, 5) is 2.70. The van der Waals surface area contributed by atoms with Gasteiger partial charge in [-0.15, -0.1) is 0 Å². The van der Waals surface area contributed by atoms with Crippen LogP contribution in [0.5, 0.6) is 5.75 Å². The lowest BCUT2D eigenvalue weighted by atomic mass is 9.78. The SMILES string of the molecule is COCCN1CC2(CCN(Cc3ccc(C)cc3)CC2)COc2ccccc2S1(=O)=O. The zero-order valence-electron chi connectivity index (χ0n) is 18.4. The lowest BCUT2D eigenvalue weighted by Gasteiger charge is -2.45. The Labute approximate surface area is 185 Å². The molecule has 0 saturated carbocycles. The zero-order valence-corrected chi connectivity index (χ0v) is 19.2. The number of piperidine rings is 1. The molecule has 0 unspecified atom stereocenters. The van der Waals surface area contributed by atoms with E-state index in [1.807, 2.05) is 6.07 Å². The normalized spacial score (nSPS) is 21.1. The van der Waals surface area contributed by atoms with E-state index in [4.69, 9.17) is 9.47 Å². The number of sulfonamides is 1. The van der Waals surface area contributed by atoms with Crippen molar-refractivity contribution < 1.29 is 17.9 Å². The Morgan fingerprint density at radius 1 is 1.06 bits per heavy atom. The summed E-state index contributed by atoms with van der Waals surface area (Å²) < 4.78 is 39.8. The molecular formula is C24H32N2O4S. The van der Waals surface area contributed by atoms with E-state index in [0.29, 0.717) is 32.1 Å². The Kier molecular flexibility index (Phi) is 6.67. The third-order valence-electron chi connectivity index (χ3n) is 6.50. The monoisotopic (exact) mass is 444 g/mol. The van der Waals surface area contributed by atoms with Gasteiger partial charge in [0.05, 0.1) is 13.2 Å². The molecule has 2 aromatic carbocycles. The van der Waals surface area contributed by atoms with Crippen molar-refractivity contribution in [1.82, 2.24) is 9.21 Å². The highest BCUT2D eigenvalue weighted by molar-refractivity contribution is 7.89. The molecule has 7 heteroatoms. The molecule has 2 aromatic rings. The van der Waals surface area contributed by atoms with Gasteiger partial charge in [0.1, 0.15) is 10.6 Å². The molecule has 4 rings (SSSR count). The lowest BCUT2D eigenvalue weighted by Crippen LogP contribution is -2.51. The molecule has 0 amide bonds. The number of likely N-dealkylation sites (tertiary alicyclic amines) is 1. The van der Waals surface area contributed by atoms with Crippen LogP contribution in [0.1, 0.15) is 24.0 Å². The first-order valence-corrected chi connectivity index (χ1v) is 12.3. The second kappa shape index (κ2) is 9.28. The van der Waals surface area contributed by atoms with Crippen molar-refractivity contribution in [2.75, 3.05) is 46.5 Å². The van der Waals surface area contributed by atoms with Gasteiger partial charge in [-0.05, 0) is 50.6 Å². The number of methoxy groups -OCH3 is 1. The van der Waals surface area contributed by atoms with Gasteiger partial charge in [-0.3, -0.25) is 4.90 Å². The van der Waals surface area contributed by atoms with Crippen LogP contribution in [0, 0.1) is 12.3 Å². The largest absolute Gasteiger partial charge is 0.492 e. The van der Waals surface area contributed by atoms with Gasteiger partial charge in [0, 0.05) is 32.2 Å². The van der Waals surface area contributed by atoms with Crippen LogP contribution in [-0.2, 0) is 21.3 Å². The Morgan fingerprint density at radius 3 is 2.48 bits per heavy atom. The summed E-state index contributed by atoms with van der Waals surface area (Å²) in [6, 6.07) is 15.6. The topological polar surface area (TPSA) is 59.1 Å². The van der Waals surface area contributed by atoms with Gasteiger partial charge in [0.2, 0.25) is 10.0 Å². The molecule has 2 aliphatic rings. The third-order valence-corrected chi connectivity index (χ3v) is 8.39. The molecule has 1 fully saturated rings. The second-order valence-electron chi connectivity index (χ2n) is 8.83. The molecule has 0 radical (unpaired) electrons. The van der Waals surface area contributed by atoms with E-state index < -0.39 is 10.0 Å². The maximum atomic E-state index is 13.4. The van der Waals surface area contributed by atoms with Gasteiger partial charge in [0.25, 0.3) is 0 Å². The molecule has 6 nitrogen and oxygen atoms in total. The van der Waals surface area contributed by atoms with Crippen LogP contribution in [0.15, 0.2) is 53.4 Å². The predicted molar refractivity (Wildman–Crippen MR) is 121 cm³/mol. The number of fused-ring (bicyclic) bond motifs is 1. The predicted octanol–water partition coefficient (Wildman–Crippen LogP) is 3.31. The zero-order chi connectivity index (χ0) is 21.9. The number of hydrogen-bond acceptors (Lipinski definition) is 5. The average molecular weight is 445 g/mol. The molecule has 0 atom stereocenters. The fraction of sp³-hybridized carbons (Fsp3) is 0.500. The molecule has 2 aliphatic heterocycles. The average Bonchev–Trinajstić information content (AvgIpc) is 2.78. The Morgan fingerprint density at radius 2 is 1.77 bits per heavy atom. The van der Waals surface area contributed by atoms with Crippen LogP contribution in [-0.4, -0.2) is 64.1 Å². The number of para-hydroxylation sites is 1. The number of nitrogens with zero attached hydrogens (tertiary/aromatic N) is 2. The van der Waals surface area contributed by atoms with Gasteiger partial charge < -0.3 is 9.47 Å². The smallest absolute Gasteiger partial charge is 0.246 e. The van der Waals surface area contributed by atoms with Crippen molar-refractivity contribution in [2.24, 2.45) is 5.41 Å². The highest BCUT2D eigenvalue weighted by Crippen LogP contribution is 2.39. The summed E-state index contributed by atoms with van der Waals surface area (Å²) in [5.74, 6) is 0.450. The molecular weight excluding hydrogens is 412 g/mol. The fourth-order valence-electron chi connectivity index (χ4n) is 4.49. The summed E-state index contributed by atoms with van der Waals surface area (Å²) in [7, 11) is -2.04. The first kappa shape index (κ1) is 22.3. The van der Waals surface area contributed by atoms with Crippen molar-refractivity contribution >= 4 is 10.0 Å². The van der Waals surface area contributed by atoms with E-state index in [0.717, 1.165) is 32.5 Å². The summed E-state index contributed by atoms with van der Waals surface area (Å²) >= 11 is 0. The summed E-state index contributed by atoms with van der Waals surface area (Å²) in [5.41, 5.74) is 2.39. The maximum absolute atomic E-state index is 13.4. The van der Waals surface area contributed by atoms with Crippen LogP contribution in [0.3, 0.4) is 0 Å². The van der Waals surface area contributed by atoms with Crippen LogP contribution in [0.25, 0.3) is 0 Å². The van der Waals surface area contributed by atoms with Crippen LogP contribution >= 0.6 is 0 Å². The first-order valence-electron chi connectivity index (χ1n) is 10.9. The van der Waals surface area contributed by atoms with Gasteiger partial charge >= 0.3 is 0 Å². The standard InChI is InChI=1S/C24H32N2O4S/c1-20-7-9-21(10-8-20)17-25-13-11-24(12-14-25)18-26(15-16-29-2)31(27,28)23-6-4-3-5-22(23)30-19-24/h3-10H,11-19H2,1-2H3. The molecule has 0 bridgehead atoms. The quantitative estimate of drug-likeness (QED) is 0.708. The van der Waals surface area contributed by atoms with Crippen molar-refractivity contribution in [3.63, 3.8) is 0 Å². The van der Waals surface area contributed by atoms with E-state index in [1.165, 1.54) is 11.1 Å². The molecule has 0 aliphatic carbocycles. The van der Waals surface area contributed by atoms with Crippen molar-refractivity contribution in [1.29, 1.82) is 0 Å². The Bertz CT molecular complexity index is 983. The second-order valence-corrected chi connectivity index (χ2v) is 10.7. The number of ether oxygens (including phenoxy) is 2. The van der Waals surface area contributed by atoms with Gasteiger partial charge in [-0.25, -0.2) is 8.42 Å². The maximum Gasteiger partial charge on any atom is 0.246 e. The van der Waals surface area contributed by atoms with Gasteiger partial charge in [-0.2, -0.15) is 4.31 Å². The number of benzene rings is 2. The van der Waals surface area contributed by atoms with Crippen molar-refractivity contribution in [3.05, 3.63) is 59.7 Å². The van der Waals surface area contributed by atoms with Crippen LogP contribution < -0.4 is 4.74 Å². The van der Waals surface area contributed by atoms with Gasteiger partial charge in [0.15, 0.2) is 0 Å². The number of hydrogen-bond donors (Lipinski definition) is 0. The minimum Gasteiger partial charge on any atom is -0.492 e. The summed E-state index contributed by atoms with van der Waals surface area (Å²) in [5, 5.41) is 0. The molecule has 1 spiro atoms. The summed E-state index contributed by atoms with van der Waals surface area (Å²) in [6.07, 6.45) is 1.81. The minimum atomic E-state index is -3.64. The molecule has 0 N–H and O–H groups in total. The Hall–Kier alpha value is -1.93. The molecule has 168 valence electrons. The molecule has 1 saturated heterocycles. The highest BCUT2D eigenvalue weighted by atomic mass is 32.2. The minimum absolute atomic E-state index is 0.196. The van der Waals surface area contributed by atoms with Crippen molar-refractivity contribution in [3.8, 4) is 5.75 Å². The molecule has 31 heavy (non-hydrogen) atoms. The van der Waals surface area contributed by atoms with Crippen LogP contribution in [0.4, 0.5) is 0 Å². The Balaban J connectivity index is 1.52. The first-order chi connectivity index (χ1) is 14.9. The highest BCUT2D eigenvalue weighted by Gasteiger charge is 2.42. The third kappa shape index (κ3) is 4.95. The molecule has 0 aromatic heterocycles. The van der Waals surface area contributed by atoms with Crippen LogP contribution in [0.2, 0.25) is 0 Å². The van der Waals surface area contributed by atoms with Gasteiger partial charge in [-0.1, -0.05) is 42.0 Å². The number of rotatable bonds is 5. The fourth-order valence-corrected chi connectivity index (χ4v) is 6.16. The van der Waals surface area contributed by atoms with Crippen molar-refractivity contribution in [2.45, 2.75) is 31.2 Å². The number of aryl methyl sites for hydroxylation is 1.